The molecule has 2 heterocycles. The number of hydrogen-bond donors (Lipinski definition) is 1. The summed E-state index contributed by atoms with van der Waals surface area (Å²) in [4.78, 5) is 17.1. The maximum Gasteiger partial charge on any atom is 0.353 e. The van der Waals surface area contributed by atoms with Crippen LogP contribution in [-0.2, 0) is 0 Å². The smallest absolute Gasteiger partial charge is 0.353 e. The summed E-state index contributed by atoms with van der Waals surface area (Å²) in [5.41, 5.74) is 5.72. The first-order valence-electron chi connectivity index (χ1n) is 8.44. The maximum absolute atomic E-state index is 12.0. The van der Waals surface area contributed by atoms with Gasteiger partial charge in [0.05, 0.1) is 11.9 Å². The Morgan fingerprint density at radius 1 is 1.04 bits per heavy atom. The topological polar surface area (TPSA) is 63.6 Å². The Kier molecular flexibility index (Phi) is 5.56. The normalized spacial score (nSPS) is 10.9. The minimum atomic E-state index is -0.363. The highest BCUT2D eigenvalue weighted by Crippen LogP contribution is 2.24. The fraction of sp³-hybridized carbons (Fsp3) is 0. The number of aromatic nitrogens is 1. The van der Waals surface area contributed by atoms with Crippen molar-refractivity contribution < 1.29 is 9.53 Å². The van der Waals surface area contributed by atoms with Crippen molar-refractivity contribution in [2.24, 2.45) is 5.10 Å². The molecule has 4 aromatic rings. The number of benzene rings is 2. The quantitative estimate of drug-likeness (QED) is 0.198. The number of ether oxygens (including phenoxy) is 1. The molecule has 0 aliphatic carbocycles. The van der Waals surface area contributed by atoms with Crippen molar-refractivity contribution in [3.8, 4) is 17.0 Å². The van der Waals surface area contributed by atoms with Crippen molar-refractivity contribution >= 4 is 40.0 Å². The van der Waals surface area contributed by atoms with Gasteiger partial charge in [-0.25, -0.2) is 9.78 Å². The number of thiophene rings is 1. The Hall–Kier alpha value is -3.29. The van der Waals surface area contributed by atoms with E-state index >= 15 is 0 Å². The summed E-state index contributed by atoms with van der Waals surface area (Å²) in [5.74, 6) is 0.112. The molecule has 0 saturated carbocycles. The van der Waals surface area contributed by atoms with Gasteiger partial charge in [-0.3, -0.25) is 5.43 Å². The van der Waals surface area contributed by atoms with Gasteiger partial charge < -0.3 is 4.74 Å². The second-order valence-corrected chi connectivity index (χ2v) is 7.52. The van der Waals surface area contributed by atoms with Crippen LogP contribution in [0.4, 0.5) is 5.13 Å². The number of rotatable bonds is 6. The van der Waals surface area contributed by atoms with Gasteiger partial charge in [0.2, 0.25) is 5.13 Å². The van der Waals surface area contributed by atoms with E-state index in [0.29, 0.717) is 15.8 Å². The molecule has 1 N–H and O–H groups in total. The van der Waals surface area contributed by atoms with Crippen LogP contribution in [0.1, 0.15) is 15.2 Å². The molecule has 28 heavy (non-hydrogen) atoms. The second-order valence-electron chi connectivity index (χ2n) is 5.71. The Balaban J connectivity index is 1.39. The molecule has 0 amide bonds. The molecule has 4 rings (SSSR count). The van der Waals surface area contributed by atoms with E-state index in [0.717, 1.165) is 16.8 Å². The Morgan fingerprint density at radius 3 is 2.75 bits per heavy atom. The molecular weight excluding hydrogens is 390 g/mol. The SMILES string of the molecule is O=C(Oc1cccc(C=NNc2nc(-c3ccccc3)cs2)c1)c1cccs1. The van der Waals surface area contributed by atoms with Gasteiger partial charge in [-0.15, -0.1) is 22.7 Å². The lowest BCUT2D eigenvalue weighted by molar-refractivity contribution is 0.0740. The zero-order valence-corrected chi connectivity index (χ0v) is 16.2. The van der Waals surface area contributed by atoms with Crippen LogP contribution in [0.25, 0.3) is 11.3 Å². The number of nitrogens with one attached hydrogen (secondary N) is 1. The van der Waals surface area contributed by atoms with Crippen LogP contribution < -0.4 is 10.2 Å². The van der Waals surface area contributed by atoms with Gasteiger partial charge in [0.15, 0.2) is 0 Å². The number of carbonyl (C=O) groups excluding carboxylic acids is 1. The first-order valence-corrected chi connectivity index (χ1v) is 10.2. The van der Waals surface area contributed by atoms with Crippen molar-refractivity contribution in [3.63, 3.8) is 0 Å². The van der Waals surface area contributed by atoms with Crippen molar-refractivity contribution in [3.05, 3.63) is 87.9 Å². The molecule has 0 aliphatic rings. The van der Waals surface area contributed by atoms with Crippen molar-refractivity contribution in [2.45, 2.75) is 0 Å². The highest BCUT2D eigenvalue weighted by atomic mass is 32.1. The lowest BCUT2D eigenvalue weighted by Gasteiger charge is -2.03. The van der Waals surface area contributed by atoms with Gasteiger partial charge in [-0.1, -0.05) is 48.5 Å². The van der Waals surface area contributed by atoms with E-state index in [9.17, 15) is 4.79 Å². The van der Waals surface area contributed by atoms with E-state index in [1.165, 1.54) is 22.7 Å². The molecule has 2 aromatic heterocycles. The third kappa shape index (κ3) is 4.51. The molecular formula is C21H15N3O2S2. The van der Waals surface area contributed by atoms with E-state index in [2.05, 4.69) is 15.5 Å². The molecule has 5 nitrogen and oxygen atoms in total. The number of nitrogens with zero attached hydrogens (tertiary/aromatic N) is 2. The predicted octanol–water partition coefficient (Wildman–Crippen LogP) is 5.54. The summed E-state index contributed by atoms with van der Waals surface area (Å²) >= 11 is 2.84. The van der Waals surface area contributed by atoms with E-state index in [4.69, 9.17) is 4.74 Å². The van der Waals surface area contributed by atoms with Crippen LogP contribution in [0.3, 0.4) is 0 Å². The molecule has 0 fully saturated rings. The number of hydrogen-bond acceptors (Lipinski definition) is 7. The summed E-state index contributed by atoms with van der Waals surface area (Å²) < 4.78 is 5.40. The number of hydrazone groups is 1. The number of carbonyl (C=O) groups is 1. The van der Waals surface area contributed by atoms with Gasteiger partial charge in [0.1, 0.15) is 10.6 Å². The van der Waals surface area contributed by atoms with E-state index in [-0.39, 0.29) is 5.97 Å². The van der Waals surface area contributed by atoms with Crippen molar-refractivity contribution in [1.82, 2.24) is 4.98 Å². The fourth-order valence-corrected chi connectivity index (χ4v) is 3.71. The molecule has 138 valence electrons. The highest BCUT2D eigenvalue weighted by Gasteiger charge is 2.09. The monoisotopic (exact) mass is 405 g/mol. The molecule has 7 heteroatoms. The van der Waals surface area contributed by atoms with Gasteiger partial charge in [-0.05, 0) is 29.1 Å². The Bertz CT molecular complexity index is 1090. The van der Waals surface area contributed by atoms with Crippen molar-refractivity contribution in [1.29, 1.82) is 0 Å². The average Bonchev–Trinajstić information content (AvgIpc) is 3.41. The van der Waals surface area contributed by atoms with E-state index in [1.807, 2.05) is 59.3 Å². The highest BCUT2D eigenvalue weighted by molar-refractivity contribution is 7.14. The molecule has 0 saturated heterocycles. The predicted molar refractivity (Wildman–Crippen MR) is 114 cm³/mol. The minimum Gasteiger partial charge on any atom is -0.422 e. The molecule has 0 aliphatic heterocycles. The van der Waals surface area contributed by atoms with Gasteiger partial charge in [-0.2, -0.15) is 5.10 Å². The summed E-state index contributed by atoms with van der Waals surface area (Å²) in [6.07, 6.45) is 1.66. The average molecular weight is 406 g/mol. The van der Waals surface area contributed by atoms with Gasteiger partial charge in [0.25, 0.3) is 0 Å². The molecule has 0 spiro atoms. The third-order valence-electron chi connectivity index (χ3n) is 3.74. The standard InChI is InChI=1S/C21H15N3O2S2/c25-20(19-10-5-11-27-19)26-17-9-4-6-15(12-17)13-22-24-21-23-18(14-28-21)16-7-2-1-3-8-16/h1-14H,(H,23,24). The molecule has 2 aromatic carbocycles. The van der Waals surface area contributed by atoms with Crippen LogP contribution >= 0.6 is 22.7 Å². The molecule has 0 atom stereocenters. The van der Waals surface area contributed by atoms with Crippen LogP contribution in [0.15, 0.2) is 82.6 Å². The lowest BCUT2D eigenvalue weighted by Crippen LogP contribution is -2.06. The number of esters is 1. The second kappa shape index (κ2) is 8.60. The van der Waals surface area contributed by atoms with Crippen molar-refractivity contribution in [2.75, 3.05) is 5.43 Å². The van der Waals surface area contributed by atoms with E-state index in [1.54, 1.807) is 24.4 Å². The van der Waals surface area contributed by atoms with Gasteiger partial charge in [0, 0.05) is 10.9 Å². The third-order valence-corrected chi connectivity index (χ3v) is 5.34. The molecule has 0 unspecified atom stereocenters. The zero-order chi connectivity index (χ0) is 19.2. The summed E-state index contributed by atoms with van der Waals surface area (Å²) in [6.45, 7) is 0. The maximum atomic E-state index is 12.0. The number of thiazole rings is 1. The Labute approximate surface area is 170 Å². The molecule has 0 bridgehead atoms. The van der Waals surface area contributed by atoms with Crippen LogP contribution in [0.2, 0.25) is 0 Å². The molecule has 0 radical (unpaired) electrons. The zero-order valence-electron chi connectivity index (χ0n) is 14.6. The summed E-state index contributed by atoms with van der Waals surface area (Å²) in [7, 11) is 0. The first-order chi connectivity index (χ1) is 13.8. The van der Waals surface area contributed by atoms with Crippen LogP contribution in [-0.4, -0.2) is 17.2 Å². The largest absolute Gasteiger partial charge is 0.422 e. The first kappa shape index (κ1) is 18.1. The van der Waals surface area contributed by atoms with Gasteiger partial charge >= 0.3 is 5.97 Å². The lowest BCUT2D eigenvalue weighted by atomic mass is 10.2. The number of anilines is 1. The minimum absolute atomic E-state index is 0.363. The fourth-order valence-electron chi connectivity index (χ4n) is 2.44. The summed E-state index contributed by atoms with van der Waals surface area (Å²) in [6, 6.07) is 20.7. The Morgan fingerprint density at radius 2 is 1.93 bits per heavy atom. The van der Waals surface area contributed by atoms with Crippen LogP contribution in [0, 0.1) is 0 Å². The van der Waals surface area contributed by atoms with E-state index < -0.39 is 0 Å². The summed E-state index contributed by atoms with van der Waals surface area (Å²) in [5, 5.41) is 8.75. The van der Waals surface area contributed by atoms with Crippen LogP contribution in [0.5, 0.6) is 5.75 Å².